The van der Waals surface area contributed by atoms with Gasteiger partial charge >= 0.3 is 11.4 Å². The minimum absolute atomic E-state index is 0.133. The molecular weight excluding hydrogens is 314 g/mol. The first-order valence-corrected chi connectivity index (χ1v) is 9.74. The zero-order valence-electron chi connectivity index (χ0n) is 14.3. The van der Waals surface area contributed by atoms with Crippen molar-refractivity contribution >= 4 is 0 Å². The van der Waals surface area contributed by atoms with Gasteiger partial charge < -0.3 is 0 Å². The fourth-order valence-corrected chi connectivity index (χ4v) is 6.98. The van der Waals surface area contributed by atoms with E-state index in [2.05, 4.69) is 0 Å². The van der Waals surface area contributed by atoms with E-state index in [-0.39, 0.29) is 23.5 Å². The molecule has 5 nitrogen and oxygen atoms in total. The van der Waals surface area contributed by atoms with Gasteiger partial charge in [0.25, 0.3) is 0 Å². The first-order chi connectivity index (χ1) is 12.2. The Labute approximate surface area is 145 Å². The van der Waals surface area contributed by atoms with Crippen molar-refractivity contribution in [2.24, 2.45) is 17.3 Å². The minimum atomic E-state index is -0.135. The molecule has 1 spiro atoms. The van der Waals surface area contributed by atoms with E-state index in [1.807, 2.05) is 39.7 Å². The van der Waals surface area contributed by atoms with Gasteiger partial charge in [0.15, 0.2) is 0 Å². The lowest BCUT2D eigenvalue weighted by atomic mass is 9.44. The number of para-hydroxylation sites is 1. The van der Waals surface area contributed by atoms with Crippen LogP contribution < -0.4 is 11.4 Å². The van der Waals surface area contributed by atoms with Gasteiger partial charge in [-0.2, -0.15) is 0 Å². The third kappa shape index (κ3) is 1.52. The van der Waals surface area contributed by atoms with E-state index in [1.54, 1.807) is 0 Å². The Bertz CT molecular complexity index is 965. The first kappa shape index (κ1) is 14.2. The molecule has 2 aromatic rings. The van der Waals surface area contributed by atoms with Crippen molar-refractivity contribution < 1.29 is 0 Å². The van der Waals surface area contributed by atoms with Crippen LogP contribution in [0.2, 0.25) is 0 Å². The molecule has 2 aliphatic heterocycles. The number of hydrogen-bond acceptors (Lipinski definition) is 2. The van der Waals surface area contributed by atoms with Crippen LogP contribution in [0.1, 0.15) is 57.0 Å². The molecule has 1 aromatic heterocycles. The van der Waals surface area contributed by atoms with Gasteiger partial charge in [0.05, 0.1) is 17.8 Å². The monoisotopic (exact) mass is 337 g/mol. The van der Waals surface area contributed by atoms with Crippen LogP contribution in [-0.2, 0) is 0 Å². The fraction of sp³-hybridized carbons (Fsp3) is 0.600. The van der Waals surface area contributed by atoms with Crippen LogP contribution >= 0.6 is 0 Å². The highest BCUT2D eigenvalue weighted by atomic mass is 16.2. The molecule has 4 bridgehead atoms. The van der Waals surface area contributed by atoms with Crippen molar-refractivity contribution in [3.8, 4) is 5.69 Å². The van der Waals surface area contributed by atoms with Gasteiger partial charge in [-0.1, -0.05) is 37.5 Å². The van der Waals surface area contributed by atoms with Crippen molar-refractivity contribution in [3.05, 3.63) is 51.3 Å². The van der Waals surface area contributed by atoms with Crippen LogP contribution in [0, 0.1) is 17.3 Å². The normalized spacial score (nSPS) is 37.8. The van der Waals surface area contributed by atoms with Gasteiger partial charge in [-0.05, 0) is 55.1 Å². The Morgan fingerprint density at radius 2 is 1.72 bits per heavy atom. The lowest BCUT2D eigenvalue weighted by Gasteiger charge is -2.66. The van der Waals surface area contributed by atoms with Gasteiger partial charge in [0.1, 0.15) is 0 Å². The van der Waals surface area contributed by atoms with E-state index < -0.39 is 0 Å². The first-order valence-electron chi connectivity index (χ1n) is 9.74. The summed E-state index contributed by atoms with van der Waals surface area (Å²) < 4.78 is 5.11. The van der Waals surface area contributed by atoms with Crippen molar-refractivity contribution in [2.75, 3.05) is 0 Å². The summed E-state index contributed by atoms with van der Waals surface area (Å²) in [6.45, 7) is 0. The summed E-state index contributed by atoms with van der Waals surface area (Å²) in [4.78, 5) is 26.5. The second kappa shape index (κ2) is 4.57. The van der Waals surface area contributed by atoms with Gasteiger partial charge in [-0.3, -0.25) is 0 Å². The Hall–Kier alpha value is -2.04. The highest BCUT2D eigenvalue weighted by Gasteiger charge is 2.67. The van der Waals surface area contributed by atoms with Crippen molar-refractivity contribution in [3.63, 3.8) is 0 Å². The topological polar surface area (TPSA) is 48.9 Å². The number of nitrogens with zero attached hydrogens (tertiary/aromatic N) is 3. The second-order valence-electron chi connectivity index (χ2n) is 8.55. The molecule has 5 aliphatic rings. The van der Waals surface area contributed by atoms with Crippen LogP contribution in [0.25, 0.3) is 5.69 Å². The quantitative estimate of drug-likeness (QED) is 0.803. The van der Waals surface area contributed by atoms with Crippen molar-refractivity contribution in [2.45, 2.75) is 57.0 Å². The summed E-state index contributed by atoms with van der Waals surface area (Å²) in [5, 5.41) is 0. The van der Waals surface area contributed by atoms with Crippen LogP contribution in [0.4, 0.5) is 0 Å². The lowest BCUT2D eigenvalue weighted by Crippen LogP contribution is -2.64. The summed E-state index contributed by atoms with van der Waals surface area (Å²) in [6, 6.07) is 9.85. The third-order valence-electron chi connectivity index (χ3n) is 7.73. The number of aromatic nitrogens is 3. The van der Waals surface area contributed by atoms with E-state index in [4.69, 9.17) is 0 Å². The minimum Gasteiger partial charge on any atom is -0.245 e. The number of benzene rings is 1. The number of rotatable bonds is 1. The molecule has 0 radical (unpaired) electrons. The lowest BCUT2D eigenvalue weighted by molar-refractivity contribution is -0.181. The Morgan fingerprint density at radius 1 is 0.920 bits per heavy atom. The number of fused-ring (bicyclic) bond motifs is 2. The van der Waals surface area contributed by atoms with Crippen molar-refractivity contribution in [1.82, 2.24) is 13.9 Å². The molecule has 3 heterocycles. The van der Waals surface area contributed by atoms with Crippen LogP contribution in [0.15, 0.2) is 39.9 Å². The van der Waals surface area contributed by atoms with Crippen LogP contribution in [0.5, 0.6) is 0 Å². The van der Waals surface area contributed by atoms with Gasteiger partial charge in [0, 0.05) is 0 Å². The zero-order chi connectivity index (χ0) is 16.8. The number of hydrogen-bond donors (Lipinski definition) is 0. The van der Waals surface area contributed by atoms with Gasteiger partial charge in [-0.25, -0.2) is 23.5 Å². The van der Waals surface area contributed by atoms with Gasteiger partial charge in [0.2, 0.25) is 0 Å². The molecule has 3 aliphatic carbocycles. The molecule has 0 amide bonds. The maximum absolute atomic E-state index is 13.2. The van der Waals surface area contributed by atoms with E-state index in [0.717, 1.165) is 18.8 Å². The molecular formula is C20H23N3O2. The molecule has 0 saturated heterocycles. The molecule has 5 heteroatoms. The maximum Gasteiger partial charge on any atom is 0.352 e. The highest BCUT2D eigenvalue weighted by molar-refractivity contribution is 5.31. The van der Waals surface area contributed by atoms with E-state index >= 15 is 0 Å². The highest BCUT2D eigenvalue weighted by Crippen LogP contribution is 2.71. The smallest absolute Gasteiger partial charge is 0.245 e. The molecule has 0 unspecified atom stereocenters. The Kier molecular flexibility index (Phi) is 2.59. The van der Waals surface area contributed by atoms with E-state index in [1.165, 1.54) is 36.7 Å². The zero-order valence-corrected chi connectivity index (χ0v) is 14.3. The summed E-state index contributed by atoms with van der Waals surface area (Å²) in [5.74, 6) is 1.39. The van der Waals surface area contributed by atoms with Crippen LogP contribution in [0.3, 0.4) is 0 Å². The molecule has 25 heavy (non-hydrogen) atoms. The second-order valence-corrected chi connectivity index (χ2v) is 8.55. The van der Waals surface area contributed by atoms with Gasteiger partial charge in [-0.15, -0.1) is 0 Å². The fourth-order valence-electron chi connectivity index (χ4n) is 6.98. The molecule has 130 valence electrons. The molecule has 1 aromatic carbocycles. The summed E-state index contributed by atoms with van der Waals surface area (Å²) in [7, 11) is 0. The SMILES string of the molecule is O=c1n(-c2ccccc2)c(=O)n2n1[C@H]1CC[C@@H]2[C@@]23CCCC[C@@H](C2)[C@@H]13. The summed E-state index contributed by atoms with van der Waals surface area (Å²) in [6.07, 6.45) is 8.56. The average molecular weight is 337 g/mol. The predicted octanol–water partition coefficient (Wildman–Crippen LogP) is 2.89. The Balaban J connectivity index is 1.61. The molecule has 5 atom stereocenters. The van der Waals surface area contributed by atoms with E-state index in [0.29, 0.717) is 17.0 Å². The van der Waals surface area contributed by atoms with E-state index in [9.17, 15) is 9.59 Å². The summed E-state index contributed by atoms with van der Waals surface area (Å²) >= 11 is 0. The molecule has 3 fully saturated rings. The average Bonchev–Trinajstić information content (AvgIpc) is 2.81. The van der Waals surface area contributed by atoms with Crippen molar-refractivity contribution in [1.29, 1.82) is 0 Å². The Morgan fingerprint density at radius 3 is 2.56 bits per heavy atom. The molecule has 7 rings (SSSR count). The largest absolute Gasteiger partial charge is 0.352 e. The third-order valence-corrected chi connectivity index (χ3v) is 7.73. The molecule has 0 N–H and O–H groups in total. The summed E-state index contributed by atoms with van der Waals surface area (Å²) in [5.41, 5.74) is 0.718. The maximum atomic E-state index is 13.2. The standard InChI is InChI=1S/C20H23N3O2/c24-18-21(14-7-2-1-3-8-14)19(25)23-16-10-9-15(22(18)23)17-13-6-4-5-11-20(16,17)12-13/h1-3,7-8,13,15-17H,4-6,9-12H2/t13-,15-,16+,17-,20+/m0/s1. The predicted molar refractivity (Wildman–Crippen MR) is 94.1 cm³/mol. The van der Waals surface area contributed by atoms with Crippen LogP contribution in [-0.4, -0.2) is 13.9 Å². The molecule has 3 saturated carbocycles.